The maximum absolute atomic E-state index is 10.7. The van der Waals surface area contributed by atoms with E-state index in [-0.39, 0.29) is 0 Å². The first-order chi connectivity index (χ1) is 14.0. The van der Waals surface area contributed by atoms with Crippen LogP contribution in [0.5, 0.6) is 5.75 Å². The molecule has 4 nitrogen and oxygen atoms in total. The van der Waals surface area contributed by atoms with Crippen molar-refractivity contribution in [3.63, 3.8) is 0 Å². The fraction of sp³-hybridized carbons (Fsp3) is 0.720. The van der Waals surface area contributed by atoms with E-state index in [9.17, 15) is 9.90 Å². The van der Waals surface area contributed by atoms with E-state index in [2.05, 4.69) is 17.0 Å². The Balaban J connectivity index is 1.28. The number of phenols is 1. The van der Waals surface area contributed by atoms with Gasteiger partial charge >= 0.3 is 5.97 Å². The van der Waals surface area contributed by atoms with E-state index in [1.54, 1.807) is 0 Å². The van der Waals surface area contributed by atoms with Crippen LogP contribution in [0.2, 0.25) is 0 Å². The molecule has 0 unspecified atom stereocenters. The van der Waals surface area contributed by atoms with E-state index >= 15 is 0 Å². The van der Waals surface area contributed by atoms with Crippen molar-refractivity contribution in [2.75, 3.05) is 18.0 Å². The van der Waals surface area contributed by atoms with E-state index in [0.717, 1.165) is 49.9 Å². The molecule has 2 aliphatic carbocycles. The molecular weight excluding hydrogens is 362 g/mol. The molecular formula is C25H37NO3. The molecule has 4 rings (SSSR count). The number of aromatic hydroxyl groups is 1. The Morgan fingerprint density at radius 2 is 1.76 bits per heavy atom. The summed E-state index contributed by atoms with van der Waals surface area (Å²) >= 11 is 0. The highest BCUT2D eigenvalue weighted by Crippen LogP contribution is 2.48. The number of aliphatic carboxylic acids is 1. The number of anilines is 1. The van der Waals surface area contributed by atoms with Crippen molar-refractivity contribution in [1.29, 1.82) is 0 Å². The number of phenolic OH excluding ortho intramolecular Hbond substituents is 1. The fourth-order valence-electron chi connectivity index (χ4n) is 5.82. The molecule has 0 aromatic heterocycles. The number of benzene rings is 1. The molecule has 0 bridgehead atoms. The third-order valence-corrected chi connectivity index (χ3v) is 8.12. The van der Waals surface area contributed by atoms with Gasteiger partial charge in [-0.1, -0.05) is 25.3 Å². The number of carboxylic acid groups (broad SMARTS) is 1. The lowest BCUT2D eigenvalue weighted by Gasteiger charge is -2.46. The molecule has 0 radical (unpaired) electrons. The minimum Gasteiger partial charge on any atom is -0.506 e. The van der Waals surface area contributed by atoms with Crippen LogP contribution in [-0.2, 0) is 11.2 Å². The Morgan fingerprint density at radius 3 is 2.38 bits per heavy atom. The zero-order valence-electron chi connectivity index (χ0n) is 17.7. The van der Waals surface area contributed by atoms with Gasteiger partial charge in [0.15, 0.2) is 0 Å². The van der Waals surface area contributed by atoms with Crippen LogP contribution >= 0.6 is 0 Å². The molecule has 0 amide bonds. The number of hydrogen-bond donors (Lipinski definition) is 2. The number of hydrogen-bond acceptors (Lipinski definition) is 3. The average molecular weight is 400 g/mol. The molecule has 1 aliphatic heterocycles. The molecule has 1 aromatic rings. The smallest absolute Gasteiger partial charge is 0.303 e. The van der Waals surface area contributed by atoms with Crippen LogP contribution in [0.4, 0.5) is 5.69 Å². The average Bonchev–Trinajstić information content (AvgIpc) is 2.68. The Morgan fingerprint density at radius 1 is 1.03 bits per heavy atom. The standard InChI is InChI=1S/C25H37NO3/c27-23-8-7-21(17-20-4-1-5-20)18-22(23)26-15-13-25(14-16-26)11-9-19(10-12-25)3-2-6-24(28)29/h7-8,18-20,27H,1-6,9-17H2,(H,28,29). The van der Waals surface area contributed by atoms with Crippen LogP contribution in [-0.4, -0.2) is 29.3 Å². The van der Waals surface area contributed by atoms with E-state index in [1.807, 2.05) is 6.07 Å². The van der Waals surface area contributed by atoms with Crippen LogP contribution in [0.25, 0.3) is 0 Å². The van der Waals surface area contributed by atoms with Crippen LogP contribution in [0.3, 0.4) is 0 Å². The molecule has 1 aromatic carbocycles. The summed E-state index contributed by atoms with van der Waals surface area (Å²) in [6, 6.07) is 6.25. The molecule has 3 aliphatic rings. The third-order valence-electron chi connectivity index (χ3n) is 8.12. The summed E-state index contributed by atoms with van der Waals surface area (Å²) in [5.41, 5.74) is 2.91. The normalized spacial score (nSPS) is 22.6. The molecule has 0 atom stereocenters. The zero-order valence-corrected chi connectivity index (χ0v) is 17.7. The van der Waals surface area contributed by atoms with Gasteiger partial charge in [-0.2, -0.15) is 0 Å². The number of nitrogens with zero attached hydrogens (tertiary/aromatic N) is 1. The van der Waals surface area contributed by atoms with Crippen LogP contribution in [0.1, 0.15) is 82.6 Å². The number of rotatable bonds is 7. The highest BCUT2D eigenvalue weighted by atomic mass is 16.4. The zero-order chi connectivity index (χ0) is 20.3. The van der Waals surface area contributed by atoms with Crippen LogP contribution < -0.4 is 4.90 Å². The molecule has 4 heteroatoms. The first kappa shape index (κ1) is 20.6. The van der Waals surface area contributed by atoms with Crippen molar-refractivity contribution < 1.29 is 15.0 Å². The van der Waals surface area contributed by atoms with Gasteiger partial charge in [0.1, 0.15) is 5.75 Å². The van der Waals surface area contributed by atoms with Gasteiger partial charge in [-0.05, 0) is 92.7 Å². The van der Waals surface area contributed by atoms with Gasteiger partial charge in [-0.3, -0.25) is 4.79 Å². The predicted octanol–water partition coefficient (Wildman–Crippen LogP) is 5.77. The van der Waals surface area contributed by atoms with Gasteiger partial charge in [0.2, 0.25) is 0 Å². The summed E-state index contributed by atoms with van der Waals surface area (Å²) in [6.07, 6.45) is 15.1. The summed E-state index contributed by atoms with van der Waals surface area (Å²) in [4.78, 5) is 13.1. The van der Waals surface area contributed by atoms with Crippen molar-refractivity contribution in [2.45, 2.75) is 83.5 Å². The molecule has 2 saturated carbocycles. The second kappa shape index (κ2) is 8.97. The van der Waals surface area contributed by atoms with E-state index in [1.165, 1.54) is 63.4 Å². The lowest BCUT2D eigenvalue weighted by Crippen LogP contribution is -2.42. The Kier molecular flexibility index (Phi) is 6.36. The largest absolute Gasteiger partial charge is 0.506 e. The van der Waals surface area contributed by atoms with Crippen LogP contribution in [0.15, 0.2) is 18.2 Å². The van der Waals surface area contributed by atoms with E-state index < -0.39 is 5.97 Å². The van der Waals surface area contributed by atoms with Crippen molar-refractivity contribution in [1.82, 2.24) is 0 Å². The summed E-state index contributed by atoms with van der Waals surface area (Å²) < 4.78 is 0. The lowest BCUT2D eigenvalue weighted by atomic mass is 9.65. The SMILES string of the molecule is O=C(O)CCCC1CCC2(CC1)CCN(c1cc(CC3CCC3)ccc1O)CC2. The topological polar surface area (TPSA) is 60.8 Å². The van der Waals surface area contributed by atoms with Gasteiger partial charge in [0.05, 0.1) is 5.69 Å². The Labute approximate surface area is 175 Å². The summed E-state index contributed by atoms with van der Waals surface area (Å²) in [5, 5.41) is 19.3. The molecule has 29 heavy (non-hydrogen) atoms. The second-order valence-electron chi connectivity index (χ2n) is 10.0. The van der Waals surface area contributed by atoms with Gasteiger partial charge in [-0.25, -0.2) is 0 Å². The minimum absolute atomic E-state index is 0.319. The Bertz CT molecular complexity index is 694. The first-order valence-electron chi connectivity index (χ1n) is 11.8. The predicted molar refractivity (Wildman–Crippen MR) is 116 cm³/mol. The fourth-order valence-corrected chi connectivity index (χ4v) is 5.82. The summed E-state index contributed by atoms with van der Waals surface area (Å²) in [5.74, 6) is 1.35. The highest BCUT2D eigenvalue weighted by molar-refractivity contribution is 5.66. The molecule has 160 valence electrons. The first-order valence-corrected chi connectivity index (χ1v) is 11.8. The quantitative estimate of drug-likeness (QED) is 0.611. The summed E-state index contributed by atoms with van der Waals surface area (Å²) in [6.45, 7) is 2.09. The van der Waals surface area contributed by atoms with E-state index in [4.69, 9.17) is 5.11 Å². The molecule has 2 N–H and O–H groups in total. The Hall–Kier alpha value is -1.71. The van der Waals surface area contributed by atoms with E-state index in [0.29, 0.717) is 17.6 Å². The van der Waals surface area contributed by atoms with Crippen molar-refractivity contribution >= 4 is 11.7 Å². The molecule has 3 fully saturated rings. The molecule has 1 spiro atoms. The van der Waals surface area contributed by atoms with Gasteiger partial charge < -0.3 is 15.1 Å². The maximum Gasteiger partial charge on any atom is 0.303 e. The van der Waals surface area contributed by atoms with Gasteiger partial charge in [0.25, 0.3) is 0 Å². The van der Waals surface area contributed by atoms with Gasteiger partial charge in [0, 0.05) is 19.5 Å². The van der Waals surface area contributed by atoms with Gasteiger partial charge in [-0.15, -0.1) is 0 Å². The second-order valence-corrected chi connectivity index (χ2v) is 10.0. The molecule has 1 saturated heterocycles. The van der Waals surface area contributed by atoms with Crippen molar-refractivity contribution in [3.8, 4) is 5.75 Å². The number of carboxylic acids is 1. The monoisotopic (exact) mass is 399 g/mol. The highest BCUT2D eigenvalue weighted by Gasteiger charge is 2.38. The number of carbonyl (C=O) groups is 1. The molecule has 1 heterocycles. The van der Waals surface area contributed by atoms with Crippen molar-refractivity contribution in [2.24, 2.45) is 17.3 Å². The third kappa shape index (κ3) is 5.07. The maximum atomic E-state index is 10.7. The van der Waals surface area contributed by atoms with Crippen LogP contribution in [0, 0.1) is 17.3 Å². The lowest BCUT2D eigenvalue weighted by molar-refractivity contribution is -0.137. The summed E-state index contributed by atoms with van der Waals surface area (Å²) in [7, 11) is 0. The minimum atomic E-state index is -0.662. The number of piperidine rings is 1. The van der Waals surface area contributed by atoms with Crippen molar-refractivity contribution in [3.05, 3.63) is 23.8 Å².